The SMILES string of the molecule is CCOCOc1cc(C=Cc2cccc(C(C)=O)c2)cc(OCOCC)c1. The van der Waals surface area contributed by atoms with Crippen molar-refractivity contribution in [3.63, 3.8) is 0 Å². The average Bonchev–Trinajstić information content (AvgIpc) is 2.67. The Morgan fingerprint density at radius 3 is 2.00 bits per heavy atom. The predicted molar refractivity (Wildman–Crippen MR) is 106 cm³/mol. The van der Waals surface area contributed by atoms with Gasteiger partial charge in [-0.25, -0.2) is 0 Å². The standard InChI is InChI=1S/C22H26O5/c1-4-24-15-26-21-12-19(13-22(14-21)27-16-25-5-2)10-9-18-7-6-8-20(11-18)17(3)23/h6-14H,4-5,15-16H2,1-3H3. The summed E-state index contributed by atoms with van der Waals surface area (Å²) in [5, 5.41) is 0. The molecule has 0 spiro atoms. The highest BCUT2D eigenvalue weighted by molar-refractivity contribution is 5.94. The molecular weight excluding hydrogens is 344 g/mol. The molecule has 0 unspecified atom stereocenters. The Balaban J connectivity index is 2.19. The third kappa shape index (κ3) is 7.25. The van der Waals surface area contributed by atoms with Gasteiger partial charge in [0, 0.05) is 24.8 Å². The molecule has 0 fully saturated rings. The highest BCUT2D eigenvalue weighted by Gasteiger charge is 2.03. The number of benzene rings is 2. The van der Waals surface area contributed by atoms with Crippen LogP contribution in [0.4, 0.5) is 0 Å². The lowest BCUT2D eigenvalue weighted by molar-refractivity contribution is 0.0182. The molecule has 2 aromatic carbocycles. The second-order valence-corrected chi connectivity index (χ2v) is 5.76. The van der Waals surface area contributed by atoms with Gasteiger partial charge in [0.1, 0.15) is 11.5 Å². The number of carbonyl (C=O) groups excluding carboxylic acids is 1. The first kappa shape index (κ1) is 20.7. The fourth-order valence-corrected chi connectivity index (χ4v) is 2.30. The molecule has 0 saturated carbocycles. The summed E-state index contributed by atoms with van der Waals surface area (Å²) in [7, 11) is 0. The number of rotatable bonds is 11. The van der Waals surface area contributed by atoms with Crippen LogP contribution >= 0.6 is 0 Å². The minimum absolute atomic E-state index is 0.0446. The van der Waals surface area contributed by atoms with Crippen LogP contribution in [0.25, 0.3) is 12.2 Å². The van der Waals surface area contributed by atoms with E-state index in [2.05, 4.69) is 0 Å². The summed E-state index contributed by atoms with van der Waals surface area (Å²) in [6.45, 7) is 6.90. The number of hydrogen-bond acceptors (Lipinski definition) is 5. The fraction of sp³-hybridized carbons (Fsp3) is 0.318. The molecule has 0 bridgehead atoms. The number of carbonyl (C=O) groups is 1. The van der Waals surface area contributed by atoms with E-state index in [1.165, 1.54) is 0 Å². The van der Waals surface area contributed by atoms with Crippen LogP contribution in [0.15, 0.2) is 42.5 Å². The zero-order valence-corrected chi connectivity index (χ0v) is 16.1. The molecule has 2 rings (SSSR count). The maximum atomic E-state index is 11.5. The van der Waals surface area contributed by atoms with E-state index in [-0.39, 0.29) is 19.4 Å². The van der Waals surface area contributed by atoms with Gasteiger partial charge >= 0.3 is 0 Å². The topological polar surface area (TPSA) is 54.0 Å². The van der Waals surface area contributed by atoms with Gasteiger partial charge in [-0.05, 0) is 50.1 Å². The van der Waals surface area contributed by atoms with Crippen molar-refractivity contribution in [2.45, 2.75) is 20.8 Å². The summed E-state index contributed by atoms with van der Waals surface area (Å²) in [5.41, 5.74) is 2.54. The normalized spacial score (nSPS) is 10.9. The first-order valence-electron chi connectivity index (χ1n) is 8.97. The molecule has 27 heavy (non-hydrogen) atoms. The summed E-state index contributed by atoms with van der Waals surface area (Å²) in [6.07, 6.45) is 3.89. The number of hydrogen-bond donors (Lipinski definition) is 0. The Labute approximate surface area is 160 Å². The summed E-state index contributed by atoms with van der Waals surface area (Å²) >= 11 is 0. The van der Waals surface area contributed by atoms with Crippen LogP contribution < -0.4 is 9.47 Å². The van der Waals surface area contributed by atoms with E-state index < -0.39 is 0 Å². The van der Waals surface area contributed by atoms with Gasteiger partial charge in [0.05, 0.1) is 0 Å². The minimum atomic E-state index is 0.0446. The van der Waals surface area contributed by atoms with Crippen molar-refractivity contribution in [3.05, 3.63) is 59.2 Å². The van der Waals surface area contributed by atoms with E-state index in [4.69, 9.17) is 18.9 Å². The summed E-state index contributed by atoms with van der Waals surface area (Å²) in [5.74, 6) is 1.34. The van der Waals surface area contributed by atoms with Gasteiger partial charge in [0.25, 0.3) is 0 Å². The third-order valence-corrected chi connectivity index (χ3v) is 3.69. The molecular formula is C22H26O5. The van der Waals surface area contributed by atoms with E-state index in [0.29, 0.717) is 30.3 Å². The smallest absolute Gasteiger partial charge is 0.189 e. The van der Waals surface area contributed by atoms with Crippen molar-refractivity contribution in [2.24, 2.45) is 0 Å². The highest BCUT2D eigenvalue weighted by atomic mass is 16.7. The lowest BCUT2D eigenvalue weighted by atomic mass is 10.1. The number of ether oxygens (including phenoxy) is 4. The van der Waals surface area contributed by atoms with Crippen molar-refractivity contribution >= 4 is 17.9 Å². The number of Topliss-reactive ketones (excluding diaryl/α,β-unsaturated/α-hetero) is 1. The first-order valence-corrected chi connectivity index (χ1v) is 8.97. The van der Waals surface area contributed by atoms with Crippen molar-refractivity contribution in [1.82, 2.24) is 0 Å². The van der Waals surface area contributed by atoms with Crippen LogP contribution in [0.2, 0.25) is 0 Å². The Hall–Kier alpha value is -2.63. The van der Waals surface area contributed by atoms with Crippen molar-refractivity contribution in [1.29, 1.82) is 0 Å². The number of ketones is 1. The molecule has 0 N–H and O–H groups in total. The van der Waals surface area contributed by atoms with Crippen LogP contribution in [-0.2, 0) is 9.47 Å². The van der Waals surface area contributed by atoms with Crippen LogP contribution in [-0.4, -0.2) is 32.6 Å². The van der Waals surface area contributed by atoms with Gasteiger partial charge in [-0.15, -0.1) is 0 Å². The molecule has 5 nitrogen and oxygen atoms in total. The van der Waals surface area contributed by atoms with Gasteiger partial charge in [0.15, 0.2) is 19.4 Å². The molecule has 0 radical (unpaired) electrons. The van der Waals surface area contributed by atoms with Gasteiger partial charge < -0.3 is 18.9 Å². The largest absolute Gasteiger partial charge is 0.467 e. The molecule has 0 aromatic heterocycles. The molecule has 5 heteroatoms. The zero-order chi connectivity index (χ0) is 19.5. The Morgan fingerprint density at radius 2 is 1.44 bits per heavy atom. The first-order chi connectivity index (χ1) is 13.1. The molecule has 0 heterocycles. The summed E-state index contributed by atoms with van der Waals surface area (Å²) < 4.78 is 21.7. The predicted octanol–water partition coefficient (Wildman–Crippen LogP) is 4.81. The molecule has 144 valence electrons. The summed E-state index contributed by atoms with van der Waals surface area (Å²) in [6, 6.07) is 13.1. The Morgan fingerprint density at radius 1 is 0.852 bits per heavy atom. The molecule has 2 aromatic rings. The highest BCUT2D eigenvalue weighted by Crippen LogP contribution is 2.25. The van der Waals surface area contributed by atoms with Gasteiger partial charge in [-0.2, -0.15) is 0 Å². The molecule has 0 aliphatic rings. The molecule has 0 saturated heterocycles. The fourth-order valence-electron chi connectivity index (χ4n) is 2.30. The van der Waals surface area contributed by atoms with Gasteiger partial charge in [-0.1, -0.05) is 30.4 Å². The monoisotopic (exact) mass is 370 g/mol. The van der Waals surface area contributed by atoms with Gasteiger partial charge in [0.2, 0.25) is 0 Å². The molecule has 0 aliphatic heterocycles. The van der Waals surface area contributed by atoms with Crippen LogP contribution in [0.1, 0.15) is 42.3 Å². The van der Waals surface area contributed by atoms with Crippen molar-refractivity contribution < 1.29 is 23.7 Å². The maximum Gasteiger partial charge on any atom is 0.189 e. The Kier molecular flexibility index (Phi) is 8.55. The van der Waals surface area contributed by atoms with E-state index in [9.17, 15) is 4.79 Å². The summed E-state index contributed by atoms with van der Waals surface area (Å²) in [4.78, 5) is 11.5. The average molecular weight is 370 g/mol. The second-order valence-electron chi connectivity index (χ2n) is 5.76. The van der Waals surface area contributed by atoms with Crippen LogP contribution in [0.3, 0.4) is 0 Å². The Bertz CT molecular complexity index is 739. The quantitative estimate of drug-likeness (QED) is 0.246. The van der Waals surface area contributed by atoms with Gasteiger partial charge in [-0.3, -0.25) is 4.79 Å². The molecule has 0 amide bonds. The molecule has 0 aliphatic carbocycles. The van der Waals surface area contributed by atoms with E-state index >= 15 is 0 Å². The van der Waals surface area contributed by atoms with E-state index in [1.54, 1.807) is 13.0 Å². The third-order valence-electron chi connectivity index (χ3n) is 3.69. The van der Waals surface area contributed by atoms with E-state index in [0.717, 1.165) is 11.1 Å². The van der Waals surface area contributed by atoms with Crippen molar-refractivity contribution in [3.8, 4) is 11.5 Å². The van der Waals surface area contributed by atoms with Crippen LogP contribution in [0, 0.1) is 0 Å². The van der Waals surface area contributed by atoms with Crippen LogP contribution in [0.5, 0.6) is 11.5 Å². The van der Waals surface area contributed by atoms with Crippen molar-refractivity contribution in [2.75, 3.05) is 26.8 Å². The second kappa shape index (κ2) is 11.2. The zero-order valence-electron chi connectivity index (χ0n) is 16.1. The lowest BCUT2D eigenvalue weighted by Gasteiger charge is -2.11. The molecule has 0 atom stereocenters. The minimum Gasteiger partial charge on any atom is -0.467 e. The van der Waals surface area contributed by atoms with E-state index in [1.807, 2.05) is 62.4 Å². The lowest BCUT2D eigenvalue weighted by Crippen LogP contribution is -2.04. The maximum absolute atomic E-state index is 11.5.